The molecule has 0 saturated carbocycles. The minimum Gasteiger partial charge on any atom is -0.478 e. The molecule has 4 N–H and O–H groups in total. The summed E-state index contributed by atoms with van der Waals surface area (Å²) < 4.78 is 0. The number of hydrogen-bond acceptors (Lipinski definition) is 4. The van der Waals surface area contributed by atoms with Crippen molar-refractivity contribution in [3.63, 3.8) is 0 Å². The van der Waals surface area contributed by atoms with Gasteiger partial charge in [0, 0.05) is 0 Å². The molecule has 0 atom stereocenters. The van der Waals surface area contributed by atoms with Crippen LogP contribution in [0.4, 0.5) is 0 Å². The molecule has 24 heavy (non-hydrogen) atoms. The molecular weight excluding hydrogens is 320 g/mol. The first-order chi connectivity index (χ1) is 11.2. The van der Waals surface area contributed by atoms with Gasteiger partial charge in [-0.2, -0.15) is 0 Å². The van der Waals surface area contributed by atoms with Crippen LogP contribution in [0.15, 0.2) is 36.4 Å². The summed E-state index contributed by atoms with van der Waals surface area (Å²) in [6.45, 7) is 0. The SMILES string of the molecule is O=C(O)c1ccc(-c2cc(C(=O)O)ccc2C(=O)O)c(C(=O)O)c1. The van der Waals surface area contributed by atoms with Crippen LogP contribution in [0, 0.1) is 0 Å². The maximum absolute atomic E-state index is 11.4. The summed E-state index contributed by atoms with van der Waals surface area (Å²) in [6, 6.07) is 6.32. The zero-order valence-corrected chi connectivity index (χ0v) is 11.9. The molecule has 8 nitrogen and oxygen atoms in total. The quantitative estimate of drug-likeness (QED) is 0.651. The Morgan fingerprint density at radius 1 is 0.542 bits per heavy atom. The maximum atomic E-state index is 11.4. The molecule has 2 rings (SSSR count). The molecule has 2 aromatic rings. The second kappa shape index (κ2) is 6.21. The third-order valence-corrected chi connectivity index (χ3v) is 3.28. The largest absolute Gasteiger partial charge is 0.478 e. The fourth-order valence-electron chi connectivity index (χ4n) is 2.18. The lowest BCUT2D eigenvalue weighted by Crippen LogP contribution is -2.08. The highest BCUT2D eigenvalue weighted by Crippen LogP contribution is 2.29. The van der Waals surface area contributed by atoms with Gasteiger partial charge in [0.15, 0.2) is 0 Å². The van der Waals surface area contributed by atoms with Gasteiger partial charge in [0.2, 0.25) is 0 Å². The molecule has 122 valence electrons. The van der Waals surface area contributed by atoms with E-state index in [1.807, 2.05) is 0 Å². The molecule has 0 aliphatic carbocycles. The molecule has 0 spiro atoms. The van der Waals surface area contributed by atoms with Crippen LogP contribution in [-0.4, -0.2) is 44.3 Å². The highest BCUT2D eigenvalue weighted by Gasteiger charge is 2.21. The monoisotopic (exact) mass is 330 g/mol. The van der Waals surface area contributed by atoms with Gasteiger partial charge in [-0.3, -0.25) is 0 Å². The van der Waals surface area contributed by atoms with Crippen molar-refractivity contribution in [2.24, 2.45) is 0 Å². The van der Waals surface area contributed by atoms with E-state index < -0.39 is 29.4 Å². The number of hydrogen-bond donors (Lipinski definition) is 4. The van der Waals surface area contributed by atoms with E-state index in [1.165, 1.54) is 0 Å². The van der Waals surface area contributed by atoms with Crippen molar-refractivity contribution in [3.05, 3.63) is 58.7 Å². The van der Waals surface area contributed by atoms with E-state index in [-0.39, 0.29) is 27.8 Å². The highest BCUT2D eigenvalue weighted by molar-refractivity contribution is 6.05. The Morgan fingerprint density at radius 2 is 1.04 bits per heavy atom. The van der Waals surface area contributed by atoms with Crippen LogP contribution < -0.4 is 0 Å². The Labute approximate surface area is 134 Å². The molecule has 2 aromatic carbocycles. The van der Waals surface area contributed by atoms with Crippen LogP contribution in [0.25, 0.3) is 11.1 Å². The summed E-state index contributed by atoms with van der Waals surface area (Å²) in [4.78, 5) is 44.8. The Bertz CT molecular complexity index is 882. The first-order valence-corrected chi connectivity index (χ1v) is 6.44. The Kier molecular flexibility index (Phi) is 4.32. The van der Waals surface area contributed by atoms with E-state index in [2.05, 4.69) is 0 Å². The minimum atomic E-state index is -1.47. The second-order valence-electron chi connectivity index (χ2n) is 4.74. The average molecular weight is 330 g/mol. The molecule has 0 unspecified atom stereocenters. The number of rotatable bonds is 5. The molecule has 0 amide bonds. The predicted octanol–water partition coefficient (Wildman–Crippen LogP) is 2.15. The van der Waals surface area contributed by atoms with E-state index in [0.717, 1.165) is 36.4 Å². The Morgan fingerprint density at radius 3 is 1.54 bits per heavy atom. The van der Waals surface area contributed by atoms with Gasteiger partial charge in [0.1, 0.15) is 0 Å². The fourth-order valence-corrected chi connectivity index (χ4v) is 2.18. The van der Waals surface area contributed by atoms with E-state index in [0.29, 0.717) is 0 Å². The zero-order valence-electron chi connectivity index (χ0n) is 11.9. The van der Waals surface area contributed by atoms with Crippen LogP contribution in [0.5, 0.6) is 0 Å². The summed E-state index contributed by atoms with van der Waals surface area (Å²) in [7, 11) is 0. The van der Waals surface area contributed by atoms with Gasteiger partial charge in [-0.05, 0) is 41.5 Å². The van der Waals surface area contributed by atoms with Crippen LogP contribution >= 0.6 is 0 Å². The third-order valence-electron chi connectivity index (χ3n) is 3.28. The molecule has 0 radical (unpaired) electrons. The summed E-state index contributed by atoms with van der Waals surface area (Å²) in [5, 5.41) is 36.5. The molecule has 0 aromatic heterocycles. The van der Waals surface area contributed by atoms with Crippen LogP contribution in [0.2, 0.25) is 0 Å². The predicted molar refractivity (Wildman–Crippen MR) is 79.7 cm³/mol. The fraction of sp³-hybridized carbons (Fsp3) is 0. The number of carbonyl (C=O) groups is 4. The summed E-state index contributed by atoms with van der Waals surface area (Å²) in [5.41, 5.74) is -1.48. The van der Waals surface area contributed by atoms with Gasteiger partial charge in [0.25, 0.3) is 0 Å². The van der Waals surface area contributed by atoms with Crippen molar-refractivity contribution in [3.8, 4) is 11.1 Å². The van der Waals surface area contributed by atoms with E-state index >= 15 is 0 Å². The van der Waals surface area contributed by atoms with Crippen molar-refractivity contribution >= 4 is 23.9 Å². The zero-order chi connectivity index (χ0) is 18.0. The van der Waals surface area contributed by atoms with Gasteiger partial charge in [0.05, 0.1) is 22.3 Å². The normalized spacial score (nSPS) is 10.2. The first-order valence-electron chi connectivity index (χ1n) is 6.44. The number of aromatic carboxylic acids is 4. The van der Waals surface area contributed by atoms with Gasteiger partial charge in [-0.1, -0.05) is 6.07 Å². The van der Waals surface area contributed by atoms with Crippen molar-refractivity contribution < 1.29 is 39.6 Å². The lowest BCUT2D eigenvalue weighted by molar-refractivity contribution is 0.0680. The van der Waals surface area contributed by atoms with Crippen molar-refractivity contribution in [1.82, 2.24) is 0 Å². The Balaban J connectivity index is 2.81. The van der Waals surface area contributed by atoms with E-state index in [1.54, 1.807) is 0 Å². The molecule has 0 aliphatic rings. The number of carboxylic acid groups (broad SMARTS) is 4. The molecular formula is C16H10O8. The topological polar surface area (TPSA) is 149 Å². The molecule has 0 bridgehead atoms. The molecule has 0 fully saturated rings. The summed E-state index contributed by atoms with van der Waals surface area (Å²) >= 11 is 0. The van der Waals surface area contributed by atoms with E-state index in [9.17, 15) is 29.4 Å². The van der Waals surface area contributed by atoms with Crippen molar-refractivity contribution in [2.45, 2.75) is 0 Å². The first kappa shape index (κ1) is 16.7. The smallest absolute Gasteiger partial charge is 0.336 e. The second-order valence-corrected chi connectivity index (χ2v) is 4.74. The molecule has 0 aliphatic heterocycles. The van der Waals surface area contributed by atoms with Crippen LogP contribution in [0.1, 0.15) is 41.4 Å². The lowest BCUT2D eigenvalue weighted by Gasteiger charge is -2.11. The van der Waals surface area contributed by atoms with E-state index in [4.69, 9.17) is 10.2 Å². The minimum absolute atomic E-state index is 0.0898. The summed E-state index contributed by atoms with van der Waals surface area (Å²) in [5.74, 6) is -5.50. The molecule has 0 saturated heterocycles. The highest BCUT2D eigenvalue weighted by atomic mass is 16.4. The van der Waals surface area contributed by atoms with Gasteiger partial charge >= 0.3 is 23.9 Å². The van der Waals surface area contributed by atoms with Gasteiger partial charge < -0.3 is 20.4 Å². The van der Waals surface area contributed by atoms with Crippen molar-refractivity contribution in [1.29, 1.82) is 0 Å². The third kappa shape index (κ3) is 3.07. The van der Waals surface area contributed by atoms with Gasteiger partial charge in [-0.15, -0.1) is 0 Å². The molecule has 8 heteroatoms. The Hall–Kier alpha value is -3.68. The lowest BCUT2D eigenvalue weighted by atomic mass is 9.92. The van der Waals surface area contributed by atoms with Crippen molar-refractivity contribution in [2.75, 3.05) is 0 Å². The number of carboxylic acids is 4. The van der Waals surface area contributed by atoms with Crippen LogP contribution in [0.3, 0.4) is 0 Å². The maximum Gasteiger partial charge on any atom is 0.336 e. The van der Waals surface area contributed by atoms with Gasteiger partial charge in [-0.25, -0.2) is 19.2 Å². The average Bonchev–Trinajstić information content (AvgIpc) is 2.53. The van der Waals surface area contributed by atoms with Crippen LogP contribution in [-0.2, 0) is 0 Å². The number of benzene rings is 2. The molecule has 0 heterocycles. The summed E-state index contributed by atoms with van der Waals surface area (Å²) in [6.07, 6.45) is 0. The standard InChI is InChI=1S/C16H10O8/c17-13(18)7-2-4-10(15(21)22)11(5-7)9-3-1-8(14(19)20)6-12(9)16(23)24/h1-6H,(H,17,18)(H,19,20)(H,21,22)(H,23,24).